The SMILES string of the molecule is CN1C(=O)CCc2cc(-c3cnn(C4CC4)c3)c(Nc3cccc(C(=O)O)c3C(=O)O)cc21. The van der Waals surface area contributed by atoms with Crippen LogP contribution in [0.25, 0.3) is 11.1 Å². The van der Waals surface area contributed by atoms with Crippen molar-refractivity contribution in [1.82, 2.24) is 9.78 Å². The maximum Gasteiger partial charge on any atom is 0.338 e. The van der Waals surface area contributed by atoms with E-state index in [1.165, 1.54) is 18.2 Å². The Labute approximate surface area is 189 Å². The highest BCUT2D eigenvalue weighted by Gasteiger charge is 2.27. The molecule has 2 aliphatic rings. The van der Waals surface area contributed by atoms with Crippen molar-refractivity contribution in [3.05, 3.63) is 59.4 Å². The summed E-state index contributed by atoms with van der Waals surface area (Å²) in [5.74, 6) is -2.66. The molecular weight excluding hydrogens is 424 g/mol. The summed E-state index contributed by atoms with van der Waals surface area (Å²) in [5, 5.41) is 26.8. The third kappa shape index (κ3) is 3.71. The predicted octanol–water partition coefficient (Wildman–Crippen LogP) is 3.93. The van der Waals surface area contributed by atoms with E-state index in [4.69, 9.17) is 0 Å². The number of rotatable bonds is 6. The monoisotopic (exact) mass is 446 g/mol. The number of fused-ring (bicyclic) bond motifs is 1. The lowest BCUT2D eigenvalue weighted by Gasteiger charge is -2.28. The van der Waals surface area contributed by atoms with Gasteiger partial charge in [0.25, 0.3) is 0 Å². The molecule has 1 fully saturated rings. The summed E-state index contributed by atoms with van der Waals surface area (Å²) >= 11 is 0. The lowest BCUT2D eigenvalue weighted by atomic mass is 9.95. The molecule has 1 aliphatic heterocycles. The summed E-state index contributed by atoms with van der Waals surface area (Å²) < 4.78 is 1.93. The fraction of sp³-hybridized carbons (Fsp3) is 0.250. The van der Waals surface area contributed by atoms with Crippen LogP contribution >= 0.6 is 0 Å². The molecule has 5 rings (SSSR count). The van der Waals surface area contributed by atoms with Gasteiger partial charge in [-0.05, 0) is 49.1 Å². The van der Waals surface area contributed by atoms with Gasteiger partial charge in [-0.25, -0.2) is 9.59 Å². The number of aromatic carboxylic acids is 2. The molecule has 2 heterocycles. The quantitative estimate of drug-likeness (QED) is 0.524. The summed E-state index contributed by atoms with van der Waals surface area (Å²) in [5.41, 5.74) is 3.50. The van der Waals surface area contributed by atoms with Crippen molar-refractivity contribution in [3.8, 4) is 11.1 Å². The van der Waals surface area contributed by atoms with Crippen LogP contribution in [0.3, 0.4) is 0 Å². The summed E-state index contributed by atoms with van der Waals surface area (Å²) in [4.78, 5) is 37.4. The number of carboxylic acid groups (broad SMARTS) is 2. The lowest BCUT2D eigenvalue weighted by molar-refractivity contribution is -0.118. The molecule has 3 aromatic rings. The van der Waals surface area contributed by atoms with Crippen molar-refractivity contribution in [3.63, 3.8) is 0 Å². The van der Waals surface area contributed by atoms with E-state index in [0.717, 1.165) is 35.2 Å². The molecule has 9 nitrogen and oxygen atoms in total. The summed E-state index contributed by atoms with van der Waals surface area (Å²) in [6.45, 7) is 0. The van der Waals surface area contributed by atoms with Crippen LogP contribution in [-0.2, 0) is 11.2 Å². The number of carbonyl (C=O) groups excluding carboxylic acids is 1. The number of carboxylic acids is 2. The highest BCUT2D eigenvalue weighted by molar-refractivity contribution is 6.07. The molecule has 1 amide bonds. The first kappa shape index (κ1) is 20.7. The minimum atomic E-state index is -1.34. The van der Waals surface area contributed by atoms with Crippen LogP contribution in [0.4, 0.5) is 17.1 Å². The summed E-state index contributed by atoms with van der Waals surface area (Å²) in [6, 6.07) is 8.50. The van der Waals surface area contributed by atoms with E-state index >= 15 is 0 Å². The average Bonchev–Trinajstić information content (AvgIpc) is 3.52. The predicted molar refractivity (Wildman–Crippen MR) is 121 cm³/mol. The molecule has 0 bridgehead atoms. The molecule has 0 radical (unpaired) electrons. The third-order valence-electron chi connectivity index (χ3n) is 6.17. The van der Waals surface area contributed by atoms with Crippen molar-refractivity contribution in [2.45, 2.75) is 31.7 Å². The number of nitrogens with zero attached hydrogens (tertiary/aromatic N) is 3. The van der Waals surface area contributed by atoms with E-state index in [-0.39, 0.29) is 22.7 Å². The third-order valence-corrected chi connectivity index (χ3v) is 6.17. The molecule has 3 N–H and O–H groups in total. The van der Waals surface area contributed by atoms with Gasteiger partial charge in [0.1, 0.15) is 0 Å². The van der Waals surface area contributed by atoms with Crippen LogP contribution in [0.1, 0.15) is 51.6 Å². The molecule has 168 valence electrons. The van der Waals surface area contributed by atoms with Gasteiger partial charge in [0.15, 0.2) is 0 Å². The van der Waals surface area contributed by atoms with E-state index in [1.807, 2.05) is 23.0 Å². The zero-order valence-electron chi connectivity index (χ0n) is 17.9. The van der Waals surface area contributed by atoms with Crippen molar-refractivity contribution >= 4 is 34.9 Å². The first-order valence-corrected chi connectivity index (χ1v) is 10.7. The Bertz CT molecular complexity index is 1310. The van der Waals surface area contributed by atoms with E-state index in [9.17, 15) is 24.6 Å². The Morgan fingerprint density at radius 3 is 2.58 bits per heavy atom. The molecular formula is C24H22N4O5. The second-order valence-electron chi connectivity index (χ2n) is 8.38. The number of nitrogens with one attached hydrogen (secondary N) is 1. The van der Waals surface area contributed by atoms with Gasteiger partial charge in [0.2, 0.25) is 5.91 Å². The molecule has 9 heteroatoms. The zero-order chi connectivity index (χ0) is 23.3. The van der Waals surface area contributed by atoms with Gasteiger partial charge in [0, 0.05) is 42.2 Å². The van der Waals surface area contributed by atoms with Gasteiger partial charge in [0.05, 0.1) is 29.1 Å². The second kappa shape index (κ2) is 7.77. The Morgan fingerprint density at radius 2 is 1.88 bits per heavy atom. The van der Waals surface area contributed by atoms with E-state index < -0.39 is 11.9 Å². The Hall–Kier alpha value is -4.14. The van der Waals surface area contributed by atoms with Gasteiger partial charge in [-0.15, -0.1) is 0 Å². The average molecular weight is 446 g/mol. The van der Waals surface area contributed by atoms with Crippen LogP contribution in [0.15, 0.2) is 42.7 Å². The van der Waals surface area contributed by atoms with E-state index in [0.29, 0.717) is 24.6 Å². The number of aromatic nitrogens is 2. The molecule has 0 saturated heterocycles. The van der Waals surface area contributed by atoms with Crippen LogP contribution in [0, 0.1) is 0 Å². The van der Waals surface area contributed by atoms with Gasteiger partial charge < -0.3 is 20.4 Å². The maximum atomic E-state index is 12.3. The van der Waals surface area contributed by atoms with Gasteiger partial charge in [-0.3, -0.25) is 9.48 Å². The number of hydrogen-bond acceptors (Lipinski definition) is 5. The molecule has 2 aromatic carbocycles. The number of carbonyl (C=O) groups is 3. The van der Waals surface area contributed by atoms with Gasteiger partial charge in [-0.2, -0.15) is 5.10 Å². The fourth-order valence-electron chi connectivity index (χ4n) is 4.26. The molecule has 1 aromatic heterocycles. The first-order valence-electron chi connectivity index (χ1n) is 10.7. The summed E-state index contributed by atoms with van der Waals surface area (Å²) in [6.07, 6.45) is 6.95. The number of benzene rings is 2. The number of aryl methyl sites for hydroxylation is 1. The highest BCUT2D eigenvalue weighted by Crippen LogP contribution is 2.41. The number of anilines is 3. The van der Waals surface area contributed by atoms with Crippen LogP contribution in [0.5, 0.6) is 0 Å². The standard InChI is InChI=1S/C24H22N4O5/c1-27-20-10-19(26-18-4-2-3-16(23(30)31)22(18)24(32)33)17(9-13(20)5-8-21(27)29)14-11-25-28(12-14)15-6-7-15/h2-4,9-12,15,26H,5-8H2,1H3,(H,30,31)(H,32,33). The molecule has 1 aliphatic carbocycles. The normalized spacial score (nSPS) is 15.3. The van der Waals surface area contributed by atoms with Crippen molar-refractivity contribution < 1.29 is 24.6 Å². The topological polar surface area (TPSA) is 125 Å². The van der Waals surface area contributed by atoms with E-state index in [1.54, 1.807) is 18.1 Å². The summed E-state index contributed by atoms with van der Waals surface area (Å²) in [7, 11) is 1.71. The van der Waals surface area contributed by atoms with E-state index in [2.05, 4.69) is 10.4 Å². The van der Waals surface area contributed by atoms with Crippen LogP contribution in [-0.4, -0.2) is 44.9 Å². The van der Waals surface area contributed by atoms with Gasteiger partial charge in [-0.1, -0.05) is 6.07 Å². The van der Waals surface area contributed by atoms with Crippen LogP contribution < -0.4 is 10.2 Å². The second-order valence-corrected chi connectivity index (χ2v) is 8.38. The first-order chi connectivity index (χ1) is 15.8. The molecule has 0 spiro atoms. The number of hydrogen-bond donors (Lipinski definition) is 3. The van der Waals surface area contributed by atoms with Crippen molar-refractivity contribution in [2.75, 3.05) is 17.3 Å². The zero-order valence-corrected chi connectivity index (χ0v) is 17.9. The van der Waals surface area contributed by atoms with Crippen molar-refractivity contribution in [2.24, 2.45) is 0 Å². The minimum Gasteiger partial charge on any atom is -0.478 e. The minimum absolute atomic E-state index is 0.00172. The Morgan fingerprint density at radius 1 is 1.09 bits per heavy atom. The number of amides is 1. The Balaban J connectivity index is 1.66. The van der Waals surface area contributed by atoms with Gasteiger partial charge >= 0.3 is 11.9 Å². The maximum absolute atomic E-state index is 12.3. The largest absolute Gasteiger partial charge is 0.478 e. The molecule has 33 heavy (non-hydrogen) atoms. The fourth-order valence-corrected chi connectivity index (χ4v) is 4.26. The highest BCUT2D eigenvalue weighted by atomic mass is 16.4. The molecule has 1 saturated carbocycles. The molecule has 0 unspecified atom stereocenters. The lowest BCUT2D eigenvalue weighted by Crippen LogP contribution is -2.31. The van der Waals surface area contributed by atoms with Crippen molar-refractivity contribution in [1.29, 1.82) is 0 Å². The smallest absolute Gasteiger partial charge is 0.338 e. The van der Waals surface area contributed by atoms with Crippen LogP contribution in [0.2, 0.25) is 0 Å². The molecule has 0 atom stereocenters. The Kier molecular flexibility index (Phi) is 4.88.